The average Bonchev–Trinajstić information content (AvgIpc) is 3.32. The summed E-state index contributed by atoms with van der Waals surface area (Å²) in [4.78, 5) is 16.9. The predicted molar refractivity (Wildman–Crippen MR) is 99.7 cm³/mol. The number of pyridine rings is 1. The van der Waals surface area contributed by atoms with E-state index in [1.165, 1.54) is 16.0 Å². The van der Waals surface area contributed by atoms with Crippen LogP contribution in [-0.4, -0.2) is 21.6 Å². The molecule has 4 heterocycles. The molecule has 3 aromatic heterocycles. The third kappa shape index (κ3) is 2.21. The third-order valence-electron chi connectivity index (χ3n) is 4.40. The second kappa shape index (κ2) is 5.67. The summed E-state index contributed by atoms with van der Waals surface area (Å²) in [5, 5.41) is 7.18. The first kappa shape index (κ1) is 15.1. The van der Waals surface area contributed by atoms with Gasteiger partial charge in [-0.25, -0.2) is 4.68 Å². The molecule has 4 aromatic rings. The lowest BCUT2D eigenvalue weighted by molar-refractivity contribution is 0.174. The Morgan fingerprint density at radius 3 is 2.73 bits per heavy atom. The van der Waals surface area contributed by atoms with Gasteiger partial charge in [-0.05, 0) is 35.9 Å². The summed E-state index contributed by atoms with van der Waals surface area (Å²) in [5.41, 5.74) is 3.39. The van der Waals surface area contributed by atoms with E-state index in [4.69, 9.17) is 9.47 Å². The van der Waals surface area contributed by atoms with E-state index in [9.17, 15) is 4.79 Å². The highest BCUT2D eigenvalue weighted by atomic mass is 32.1. The second-order valence-electron chi connectivity index (χ2n) is 5.93. The number of hydrogen-bond acceptors (Lipinski definition) is 6. The first-order chi connectivity index (χ1) is 12.7. The van der Waals surface area contributed by atoms with Crippen LogP contribution >= 0.6 is 11.3 Å². The molecule has 0 atom stereocenters. The van der Waals surface area contributed by atoms with Crippen molar-refractivity contribution in [3.05, 3.63) is 58.5 Å². The summed E-state index contributed by atoms with van der Waals surface area (Å²) >= 11 is 1.52. The van der Waals surface area contributed by atoms with Gasteiger partial charge in [0, 0.05) is 35.9 Å². The SMILES string of the molecule is Cn1nc(-c2ccc3c(c2)OCO3)c2scc(-c3ccncc3)c2c1=O. The van der Waals surface area contributed by atoms with Crippen LogP contribution in [0.4, 0.5) is 0 Å². The van der Waals surface area contributed by atoms with Crippen molar-refractivity contribution in [3.8, 4) is 33.9 Å². The maximum atomic E-state index is 12.8. The molecule has 0 radical (unpaired) electrons. The monoisotopic (exact) mass is 363 g/mol. The van der Waals surface area contributed by atoms with Crippen molar-refractivity contribution >= 4 is 21.4 Å². The van der Waals surface area contributed by atoms with Gasteiger partial charge in [-0.2, -0.15) is 5.10 Å². The zero-order valence-corrected chi connectivity index (χ0v) is 14.6. The van der Waals surface area contributed by atoms with Gasteiger partial charge in [0.15, 0.2) is 11.5 Å². The van der Waals surface area contributed by atoms with E-state index >= 15 is 0 Å². The van der Waals surface area contributed by atoms with E-state index in [0.29, 0.717) is 11.1 Å². The molecule has 0 N–H and O–H groups in total. The first-order valence-corrected chi connectivity index (χ1v) is 8.89. The maximum absolute atomic E-state index is 12.8. The highest BCUT2D eigenvalue weighted by Crippen LogP contribution is 2.40. The van der Waals surface area contributed by atoms with Gasteiger partial charge in [0.25, 0.3) is 5.56 Å². The number of nitrogens with zero attached hydrogens (tertiary/aromatic N) is 3. The fraction of sp³-hybridized carbons (Fsp3) is 0.105. The highest BCUT2D eigenvalue weighted by Gasteiger charge is 2.20. The zero-order valence-electron chi connectivity index (χ0n) is 13.8. The molecule has 0 bridgehead atoms. The molecule has 0 unspecified atom stereocenters. The number of aromatic nitrogens is 3. The van der Waals surface area contributed by atoms with E-state index in [-0.39, 0.29) is 12.4 Å². The minimum absolute atomic E-state index is 0.113. The maximum Gasteiger partial charge on any atom is 0.275 e. The van der Waals surface area contributed by atoms with Crippen molar-refractivity contribution in [3.63, 3.8) is 0 Å². The van der Waals surface area contributed by atoms with E-state index in [2.05, 4.69) is 10.1 Å². The molecular formula is C19H13N3O3S. The number of hydrogen-bond donors (Lipinski definition) is 0. The Kier molecular flexibility index (Phi) is 3.29. The summed E-state index contributed by atoms with van der Waals surface area (Å²) in [6, 6.07) is 9.52. The van der Waals surface area contributed by atoms with Gasteiger partial charge in [-0.15, -0.1) is 11.3 Å². The van der Waals surface area contributed by atoms with Crippen LogP contribution in [0.1, 0.15) is 0 Å². The van der Waals surface area contributed by atoms with Crippen molar-refractivity contribution in [2.24, 2.45) is 7.05 Å². The number of benzene rings is 1. The Morgan fingerprint density at radius 2 is 1.88 bits per heavy atom. The van der Waals surface area contributed by atoms with Gasteiger partial charge >= 0.3 is 0 Å². The number of fused-ring (bicyclic) bond motifs is 2. The second-order valence-corrected chi connectivity index (χ2v) is 6.81. The molecule has 0 spiro atoms. The molecule has 1 aliphatic rings. The van der Waals surface area contributed by atoms with Gasteiger partial charge in [0.05, 0.1) is 10.1 Å². The van der Waals surface area contributed by atoms with E-state index in [0.717, 1.165) is 32.8 Å². The Balaban J connectivity index is 1.79. The van der Waals surface area contributed by atoms with Gasteiger partial charge in [0.1, 0.15) is 5.69 Å². The standard InChI is InChI=1S/C19H13N3O3S/c1-22-19(23)16-13(11-4-6-20-7-5-11)9-26-18(16)17(21-22)12-2-3-14-15(8-12)25-10-24-14/h2-9H,10H2,1H3. The lowest BCUT2D eigenvalue weighted by Gasteiger charge is -2.07. The summed E-state index contributed by atoms with van der Waals surface area (Å²) in [6.07, 6.45) is 3.45. The molecule has 0 saturated carbocycles. The lowest BCUT2D eigenvalue weighted by atomic mass is 10.0. The van der Waals surface area contributed by atoms with E-state index in [1.54, 1.807) is 19.4 Å². The van der Waals surface area contributed by atoms with E-state index < -0.39 is 0 Å². The number of ether oxygens (including phenoxy) is 2. The normalized spacial score (nSPS) is 12.7. The summed E-state index contributed by atoms with van der Waals surface area (Å²) < 4.78 is 13.1. The van der Waals surface area contributed by atoms with Crippen molar-refractivity contribution in [1.82, 2.24) is 14.8 Å². The van der Waals surface area contributed by atoms with Crippen LogP contribution in [0, 0.1) is 0 Å². The first-order valence-electron chi connectivity index (χ1n) is 8.01. The van der Waals surface area contributed by atoms with Gasteiger partial charge in [-0.3, -0.25) is 9.78 Å². The molecule has 7 heteroatoms. The van der Waals surface area contributed by atoms with Crippen LogP contribution in [-0.2, 0) is 7.05 Å². The van der Waals surface area contributed by atoms with Crippen molar-refractivity contribution in [2.75, 3.05) is 6.79 Å². The Hall–Kier alpha value is -3.19. The summed E-state index contributed by atoms with van der Waals surface area (Å²) in [6.45, 7) is 0.222. The molecule has 0 saturated heterocycles. The molecule has 128 valence electrons. The minimum Gasteiger partial charge on any atom is -0.454 e. The molecule has 0 amide bonds. The molecule has 26 heavy (non-hydrogen) atoms. The molecule has 0 aliphatic carbocycles. The predicted octanol–water partition coefficient (Wildman–Crippen LogP) is 3.45. The lowest BCUT2D eigenvalue weighted by Crippen LogP contribution is -2.20. The topological polar surface area (TPSA) is 66.2 Å². The largest absolute Gasteiger partial charge is 0.454 e. The van der Waals surface area contributed by atoms with Crippen LogP contribution < -0.4 is 15.0 Å². The van der Waals surface area contributed by atoms with Gasteiger partial charge < -0.3 is 9.47 Å². The van der Waals surface area contributed by atoms with Crippen LogP contribution in [0.15, 0.2) is 52.9 Å². The third-order valence-corrected chi connectivity index (χ3v) is 5.39. The van der Waals surface area contributed by atoms with Crippen LogP contribution in [0.25, 0.3) is 32.5 Å². The average molecular weight is 363 g/mol. The molecule has 5 rings (SSSR count). The fourth-order valence-electron chi connectivity index (χ4n) is 3.12. The molecule has 1 aliphatic heterocycles. The zero-order chi connectivity index (χ0) is 17.7. The minimum atomic E-state index is -0.113. The fourth-order valence-corrected chi connectivity index (χ4v) is 4.20. The van der Waals surface area contributed by atoms with E-state index in [1.807, 2.05) is 35.7 Å². The highest BCUT2D eigenvalue weighted by molar-refractivity contribution is 7.18. The number of rotatable bonds is 2. The number of aryl methyl sites for hydroxylation is 1. The van der Waals surface area contributed by atoms with Crippen molar-refractivity contribution in [1.29, 1.82) is 0 Å². The molecule has 6 nitrogen and oxygen atoms in total. The Morgan fingerprint density at radius 1 is 1.08 bits per heavy atom. The van der Waals surface area contributed by atoms with Gasteiger partial charge in [0.2, 0.25) is 6.79 Å². The van der Waals surface area contributed by atoms with Crippen LogP contribution in [0.5, 0.6) is 11.5 Å². The van der Waals surface area contributed by atoms with Gasteiger partial charge in [-0.1, -0.05) is 0 Å². The summed E-state index contributed by atoms with van der Waals surface area (Å²) in [7, 11) is 1.67. The molecule has 1 aromatic carbocycles. The van der Waals surface area contributed by atoms with Crippen molar-refractivity contribution < 1.29 is 9.47 Å². The molecule has 0 fully saturated rings. The Bertz CT molecular complexity index is 1200. The summed E-state index contributed by atoms with van der Waals surface area (Å²) in [5.74, 6) is 1.41. The smallest absolute Gasteiger partial charge is 0.275 e. The van der Waals surface area contributed by atoms with Crippen LogP contribution in [0.3, 0.4) is 0 Å². The molecular weight excluding hydrogens is 350 g/mol. The Labute approximate surface area is 152 Å². The van der Waals surface area contributed by atoms with Crippen molar-refractivity contribution in [2.45, 2.75) is 0 Å². The quantitative estimate of drug-likeness (QED) is 0.546. The van der Waals surface area contributed by atoms with Crippen LogP contribution in [0.2, 0.25) is 0 Å². The number of thiophene rings is 1.